The standard InChI is InChI=1S/C19H27NS/c1-5-14-12-15(6-2)18(16(7-3)13-14)19(20-8-4)17-10-9-11-21-17/h9-13,19-20H,5-8H2,1-4H3. The van der Waals surface area contributed by atoms with Crippen molar-refractivity contribution in [3.63, 3.8) is 0 Å². The quantitative estimate of drug-likeness (QED) is 0.747. The molecule has 1 heterocycles. The molecule has 1 N–H and O–H groups in total. The van der Waals surface area contributed by atoms with E-state index in [9.17, 15) is 0 Å². The third-order valence-corrected chi connectivity index (χ3v) is 5.04. The van der Waals surface area contributed by atoms with Gasteiger partial charge < -0.3 is 5.32 Å². The van der Waals surface area contributed by atoms with Crippen LogP contribution in [0.3, 0.4) is 0 Å². The maximum absolute atomic E-state index is 3.70. The molecule has 1 unspecified atom stereocenters. The lowest BCUT2D eigenvalue weighted by Crippen LogP contribution is -2.24. The summed E-state index contributed by atoms with van der Waals surface area (Å²) >= 11 is 1.85. The summed E-state index contributed by atoms with van der Waals surface area (Å²) < 4.78 is 0. The minimum Gasteiger partial charge on any atom is -0.306 e. The van der Waals surface area contributed by atoms with Crippen molar-refractivity contribution < 1.29 is 0 Å². The van der Waals surface area contributed by atoms with Gasteiger partial charge in [0.15, 0.2) is 0 Å². The summed E-state index contributed by atoms with van der Waals surface area (Å²) in [5.74, 6) is 0. The van der Waals surface area contributed by atoms with E-state index in [4.69, 9.17) is 0 Å². The van der Waals surface area contributed by atoms with Crippen molar-refractivity contribution >= 4 is 11.3 Å². The summed E-state index contributed by atoms with van der Waals surface area (Å²) in [5, 5.41) is 5.88. The molecule has 0 bridgehead atoms. The number of nitrogens with one attached hydrogen (secondary N) is 1. The van der Waals surface area contributed by atoms with Crippen molar-refractivity contribution in [2.45, 2.75) is 53.0 Å². The molecule has 1 aromatic heterocycles. The van der Waals surface area contributed by atoms with E-state index in [1.54, 1.807) is 0 Å². The molecule has 1 atom stereocenters. The Bertz CT molecular complexity index is 532. The van der Waals surface area contributed by atoms with Crippen LogP contribution in [0.4, 0.5) is 0 Å². The molecule has 114 valence electrons. The van der Waals surface area contributed by atoms with Crippen LogP contribution in [0.5, 0.6) is 0 Å². The zero-order valence-electron chi connectivity index (χ0n) is 13.7. The third-order valence-electron chi connectivity index (χ3n) is 4.11. The van der Waals surface area contributed by atoms with Crippen molar-refractivity contribution in [1.29, 1.82) is 0 Å². The highest BCUT2D eigenvalue weighted by Gasteiger charge is 2.20. The van der Waals surface area contributed by atoms with Crippen LogP contribution < -0.4 is 5.32 Å². The fourth-order valence-electron chi connectivity index (χ4n) is 3.02. The zero-order chi connectivity index (χ0) is 15.2. The molecule has 2 rings (SSSR count). The normalized spacial score (nSPS) is 12.6. The molecule has 0 aliphatic rings. The highest BCUT2D eigenvalue weighted by molar-refractivity contribution is 7.10. The van der Waals surface area contributed by atoms with Crippen LogP contribution >= 0.6 is 11.3 Å². The molecule has 21 heavy (non-hydrogen) atoms. The van der Waals surface area contributed by atoms with Gasteiger partial charge in [-0.2, -0.15) is 0 Å². The van der Waals surface area contributed by atoms with Gasteiger partial charge in [-0.1, -0.05) is 45.9 Å². The number of rotatable bonds is 7. The molecule has 0 radical (unpaired) electrons. The van der Waals surface area contributed by atoms with Gasteiger partial charge >= 0.3 is 0 Å². The monoisotopic (exact) mass is 301 g/mol. The third kappa shape index (κ3) is 3.56. The van der Waals surface area contributed by atoms with Gasteiger partial charge in [-0.15, -0.1) is 11.3 Å². The smallest absolute Gasteiger partial charge is 0.0676 e. The van der Waals surface area contributed by atoms with Crippen LogP contribution in [0.2, 0.25) is 0 Å². The van der Waals surface area contributed by atoms with E-state index < -0.39 is 0 Å². The van der Waals surface area contributed by atoms with Gasteiger partial charge in [0.2, 0.25) is 0 Å². The predicted molar refractivity (Wildman–Crippen MR) is 94.4 cm³/mol. The van der Waals surface area contributed by atoms with Crippen molar-refractivity contribution in [3.05, 3.63) is 56.8 Å². The molecule has 0 amide bonds. The van der Waals surface area contributed by atoms with E-state index >= 15 is 0 Å². The zero-order valence-corrected chi connectivity index (χ0v) is 14.5. The molecule has 0 aliphatic heterocycles. The summed E-state index contributed by atoms with van der Waals surface area (Å²) in [7, 11) is 0. The molecule has 0 fully saturated rings. The minimum atomic E-state index is 0.339. The Hall–Kier alpha value is -1.12. The molecule has 0 spiro atoms. The maximum Gasteiger partial charge on any atom is 0.0676 e. The van der Waals surface area contributed by atoms with Gasteiger partial charge in [-0.05, 0) is 59.5 Å². The first-order valence-corrected chi connectivity index (χ1v) is 9.04. The number of hydrogen-bond acceptors (Lipinski definition) is 2. The Morgan fingerprint density at radius 1 is 1.00 bits per heavy atom. The minimum absolute atomic E-state index is 0.339. The molecule has 2 aromatic rings. The van der Waals surface area contributed by atoms with Gasteiger partial charge in [0.1, 0.15) is 0 Å². The molecule has 0 saturated carbocycles. The number of benzene rings is 1. The predicted octanol–water partition coefficient (Wildman–Crippen LogP) is 5.13. The molecule has 2 heteroatoms. The SMILES string of the molecule is CCNC(c1cccs1)c1c(CC)cc(CC)cc1CC. The van der Waals surface area contributed by atoms with Gasteiger partial charge in [-0.3, -0.25) is 0 Å². The van der Waals surface area contributed by atoms with Gasteiger partial charge in [0.05, 0.1) is 6.04 Å². The van der Waals surface area contributed by atoms with Crippen molar-refractivity contribution in [2.24, 2.45) is 0 Å². The van der Waals surface area contributed by atoms with Crippen molar-refractivity contribution in [1.82, 2.24) is 5.32 Å². The van der Waals surface area contributed by atoms with E-state index in [0.717, 1.165) is 25.8 Å². The van der Waals surface area contributed by atoms with E-state index in [2.05, 4.69) is 62.7 Å². The van der Waals surface area contributed by atoms with Crippen LogP contribution in [0.15, 0.2) is 29.6 Å². The summed E-state index contributed by atoms with van der Waals surface area (Å²) in [6.45, 7) is 9.97. The first kappa shape index (κ1) is 16.3. The second-order valence-electron chi connectivity index (χ2n) is 5.39. The molecular formula is C19H27NS. The van der Waals surface area contributed by atoms with Crippen LogP contribution in [-0.4, -0.2) is 6.54 Å². The van der Waals surface area contributed by atoms with E-state index in [1.165, 1.54) is 27.1 Å². The Balaban J connectivity index is 2.57. The van der Waals surface area contributed by atoms with E-state index in [0.29, 0.717) is 6.04 Å². The van der Waals surface area contributed by atoms with Gasteiger partial charge in [0.25, 0.3) is 0 Å². The molecule has 1 nitrogen and oxygen atoms in total. The summed E-state index contributed by atoms with van der Waals surface area (Å²) in [6.07, 6.45) is 3.32. The first-order valence-electron chi connectivity index (χ1n) is 8.16. The fourth-order valence-corrected chi connectivity index (χ4v) is 3.82. The molecular weight excluding hydrogens is 274 g/mol. The molecule has 1 aromatic carbocycles. The van der Waals surface area contributed by atoms with Crippen molar-refractivity contribution in [2.75, 3.05) is 6.54 Å². The van der Waals surface area contributed by atoms with Crippen LogP contribution in [0.1, 0.15) is 60.9 Å². The topological polar surface area (TPSA) is 12.0 Å². The first-order chi connectivity index (χ1) is 10.2. The van der Waals surface area contributed by atoms with Crippen LogP contribution in [-0.2, 0) is 19.3 Å². The maximum atomic E-state index is 3.70. The summed E-state index contributed by atoms with van der Waals surface area (Å²) in [6, 6.07) is 9.57. The van der Waals surface area contributed by atoms with Crippen molar-refractivity contribution in [3.8, 4) is 0 Å². The lowest BCUT2D eigenvalue weighted by Gasteiger charge is -2.24. The number of hydrogen-bond donors (Lipinski definition) is 1. The average molecular weight is 301 g/mol. The second-order valence-corrected chi connectivity index (χ2v) is 6.37. The highest BCUT2D eigenvalue weighted by Crippen LogP contribution is 2.32. The van der Waals surface area contributed by atoms with E-state index in [-0.39, 0.29) is 0 Å². The van der Waals surface area contributed by atoms with Gasteiger partial charge in [0, 0.05) is 4.88 Å². The lowest BCUT2D eigenvalue weighted by molar-refractivity contribution is 0.628. The Morgan fingerprint density at radius 2 is 1.67 bits per heavy atom. The largest absolute Gasteiger partial charge is 0.306 e. The van der Waals surface area contributed by atoms with Gasteiger partial charge in [-0.25, -0.2) is 0 Å². The Labute approximate surface area is 133 Å². The lowest BCUT2D eigenvalue weighted by atomic mass is 9.88. The average Bonchev–Trinajstić information content (AvgIpc) is 3.05. The summed E-state index contributed by atoms with van der Waals surface area (Å²) in [5.41, 5.74) is 5.99. The summed E-state index contributed by atoms with van der Waals surface area (Å²) in [4.78, 5) is 1.42. The van der Waals surface area contributed by atoms with Crippen LogP contribution in [0, 0.1) is 0 Å². The highest BCUT2D eigenvalue weighted by atomic mass is 32.1. The number of aryl methyl sites for hydroxylation is 3. The molecule has 0 saturated heterocycles. The second kappa shape index (κ2) is 7.77. The fraction of sp³-hybridized carbons (Fsp3) is 0.474. The van der Waals surface area contributed by atoms with E-state index in [1.807, 2.05) is 11.3 Å². The Kier molecular flexibility index (Phi) is 6.01. The number of thiophene rings is 1. The Morgan fingerprint density at radius 3 is 2.10 bits per heavy atom. The van der Waals surface area contributed by atoms with Crippen LogP contribution in [0.25, 0.3) is 0 Å². The molecule has 0 aliphatic carbocycles.